The van der Waals surface area contributed by atoms with E-state index < -0.39 is 0 Å². The Balaban J connectivity index is 2.29. The summed E-state index contributed by atoms with van der Waals surface area (Å²) in [6, 6.07) is 0. The molecule has 0 saturated heterocycles. The minimum atomic E-state index is 0.759. The number of nitrogens with zero attached hydrogens (tertiary/aromatic N) is 1. The zero-order valence-electron chi connectivity index (χ0n) is 5.29. The molecule has 0 aliphatic carbocycles. The summed E-state index contributed by atoms with van der Waals surface area (Å²) >= 11 is 1.72. The van der Waals surface area contributed by atoms with Crippen LogP contribution in [0.3, 0.4) is 0 Å². The average molecular weight is 129 g/mol. The third kappa shape index (κ3) is 1.25. The van der Waals surface area contributed by atoms with Crippen molar-refractivity contribution < 1.29 is 0 Å². The molecule has 0 radical (unpaired) electrons. The number of hydrogen-bond donors (Lipinski definition) is 0. The largest absolute Gasteiger partial charge is 0.229 e. The van der Waals surface area contributed by atoms with Crippen molar-refractivity contribution in [2.45, 2.75) is 25.5 Å². The van der Waals surface area contributed by atoms with Crippen molar-refractivity contribution >= 4 is 18.2 Å². The molecule has 0 aromatic rings. The van der Waals surface area contributed by atoms with Crippen LogP contribution in [0.1, 0.15) is 20.3 Å². The molecule has 1 rings (SSSR count). The van der Waals surface area contributed by atoms with Gasteiger partial charge in [0.25, 0.3) is 0 Å². The first-order valence-electron chi connectivity index (χ1n) is 2.98. The lowest BCUT2D eigenvalue weighted by molar-refractivity contribution is 0.628. The fraction of sp³-hybridized carbons (Fsp3) is 0.833. The molecule has 46 valence electrons. The van der Waals surface area contributed by atoms with Crippen molar-refractivity contribution in [2.24, 2.45) is 10.3 Å². The van der Waals surface area contributed by atoms with Crippen LogP contribution in [-0.2, 0) is 0 Å². The molecule has 0 amide bonds. The van der Waals surface area contributed by atoms with Crippen LogP contribution in [0.25, 0.3) is 0 Å². The van der Waals surface area contributed by atoms with Gasteiger partial charge in [-0.2, -0.15) is 0 Å². The SMILES string of the molecule is CC(C)C1CC=NS1. The van der Waals surface area contributed by atoms with E-state index in [1.165, 1.54) is 6.42 Å². The Morgan fingerprint density at radius 1 is 1.75 bits per heavy atom. The second-order valence-electron chi connectivity index (χ2n) is 2.41. The molecule has 1 unspecified atom stereocenters. The van der Waals surface area contributed by atoms with Crippen LogP contribution in [-0.4, -0.2) is 11.5 Å². The first-order valence-corrected chi connectivity index (χ1v) is 3.82. The van der Waals surface area contributed by atoms with Crippen LogP contribution in [0.2, 0.25) is 0 Å². The van der Waals surface area contributed by atoms with Crippen molar-refractivity contribution in [3.8, 4) is 0 Å². The summed E-state index contributed by atoms with van der Waals surface area (Å²) in [5.74, 6) is 0.780. The lowest BCUT2D eigenvalue weighted by Crippen LogP contribution is -2.06. The van der Waals surface area contributed by atoms with Gasteiger partial charge in [0.2, 0.25) is 0 Å². The summed E-state index contributed by atoms with van der Waals surface area (Å²) in [5, 5.41) is 0.759. The molecule has 1 heterocycles. The second-order valence-corrected chi connectivity index (χ2v) is 3.44. The highest BCUT2D eigenvalue weighted by molar-refractivity contribution is 7.99. The van der Waals surface area contributed by atoms with Gasteiger partial charge in [-0.05, 0) is 24.3 Å². The van der Waals surface area contributed by atoms with E-state index in [0.29, 0.717) is 0 Å². The summed E-state index contributed by atoms with van der Waals surface area (Å²) in [5.41, 5.74) is 0. The molecule has 1 atom stereocenters. The Bertz CT molecular complexity index is 90.7. The van der Waals surface area contributed by atoms with E-state index in [2.05, 4.69) is 18.2 Å². The zero-order chi connectivity index (χ0) is 5.98. The first kappa shape index (κ1) is 6.14. The summed E-state index contributed by atoms with van der Waals surface area (Å²) < 4.78 is 4.08. The second kappa shape index (κ2) is 2.53. The first-order chi connectivity index (χ1) is 3.80. The molecule has 1 aliphatic rings. The van der Waals surface area contributed by atoms with Gasteiger partial charge >= 0.3 is 0 Å². The maximum absolute atomic E-state index is 4.08. The minimum absolute atomic E-state index is 0.759. The average Bonchev–Trinajstić information content (AvgIpc) is 2.12. The van der Waals surface area contributed by atoms with Crippen LogP contribution in [0.4, 0.5) is 0 Å². The summed E-state index contributed by atoms with van der Waals surface area (Å²) in [7, 11) is 0. The van der Waals surface area contributed by atoms with Crippen molar-refractivity contribution in [1.82, 2.24) is 0 Å². The standard InChI is InChI=1S/C6H11NS/c1-5(2)6-3-4-7-8-6/h4-6H,3H2,1-2H3. The lowest BCUT2D eigenvalue weighted by Gasteiger charge is -2.08. The van der Waals surface area contributed by atoms with Gasteiger partial charge in [0, 0.05) is 11.5 Å². The maximum atomic E-state index is 4.08. The quantitative estimate of drug-likeness (QED) is 0.494. The van der Waals surface area contributed by atoms with Crippen molar-refractivity contribution in [2.75, 3.05) is 0 Å². The van der Waals surface area contributed by atoms with Crippen molar-refractivity contribution in [3.63, 3.8) is 0 Å². The van der Waals surface area contributed by atoms with E-state index in [-0.39, 0.29) is 0 Å². The van der Waals surface area contributed by atoms with Gasteiger partial charge in [-0.3, -0.25) is 0 Å². The minimum Gasteiger partial charge on any atom is -0.229 e. The van der Waals surface area contributed by atoms with E-state index in [1.54, 1.807) is 11.9 Å². The molecule has 0 aromatic heterocycles. The van der Waals surface area contributed by atoms with E-state index >= 15 is 0 Å². The van der Waals surface area contributed by atoms with Gasteiger partial charge in [0.05, 0.1) is 0 Å². The van der Waals surface area contributed by atoms with Crippen LogP contribution >= 0.6 is 11.9 Å². The van der Waals surface area contributed by atoms with Gasteiger partial charge in [-0.25, -0.2) is 4.40 Å². The highest BCUT2D eigenvalue weighted by atomic mass is 32.2. The molecule has 1 nitrogen and oxygen atoms in total. The fourth-order valence-corrected chi connectivity index (χ4v) is 1.45. The molecule has 8 heavy (non-hydrogen) atoms. The molecule has 0 aromatic carbocycles. The number of hydrogen-bond acceptors (Lipinski definition) is 2. The highest BCUT2D eigenvalue weighted by Gasteiger charge is 2.15. The molecule has 0 saturated carbocycles. The van der Waals surface area contributed by atoms with E-state index in [4.69, 9.17) is 0 Å². The van der Waals surface area contributed by atoms with Crippen LogP contribution in [0.5, 0.6) is 0 Å². The van der Waals surface area contributed by atoms with Gasteiger partial charge in [0.1, 0.15) is 0 Å². The Kier molecular flexibility index (Phi) is 1.95. The maximum Gasteiger partial charge on any atom is 0.0339 e. The fourth-order valence-electron chi connectivity index (χ4n) is 0.705. The third-order valence-corrected chi connectivity index (χ3v) is 2.63. The Morgan fingerprint density at radius 2 is 2.50 bits per heavy atom. The van der Waals surface area contributed by atoms with E-state index in [0.717, 1.165) is 11.2 Å². The molecule has 0 spiro atoms. The number of rotatable bonds is 1. The molecule has 0 bridgehead atoms. The Hall–Kier alpha value is 0.0200. The van der Waals surface area contributed by atoms with E-state index in [9.17, 15) is 0 Å². The molecular weight excluding hydrogens is 118 g/mol. The summed E-state index contributed by atoms with van der Waals surface area (Å²) in [4.78, 5) is 0. The van der Waals surface area contributed by atoms with Gasteiger partial charge in [-0.15, -0.1) is 0 Å². The third-order valence-electron chi connectivity index (χ3n) is 1.35. The Morgan fingerprint density at radius 3 is 2.75 bits per heavy atom. The molecule has 0 fully saturated rings. The molecule has 1 aliphatic heterocycles. The Labute approximate surface area is 54.7 Å². The smallest absolute Gasteiger partial charge is 0.0339 e. The molecule has 2 heteroatoms. The predicted molar refractivity (Wildman–Crippen MR) is 39.3 cm³/mol. The molecule has 0 N–H and O–H groups in total. The zero-order valence-corrected chi connectivity index (χ0v) is 6.11. The normalized spacial score (nSPS) is 27.6. The van der Waals surface area contributed by atoms with Crippen LogP contribution in [0.15, 0.2) is 4.40 Å². The van der Waals surface area contributed by atoms with Gasteiger partial charge in [-0.1, -0.05) is 13.8 Å². The van der Waals surface area contributed by atoms with Crippen molar-refractivity contribution in [1.29, 1.82) is 0 Å². The van der Waals surface area contributed by atoms with Crippen LogP contribution in [0, 0.1) is 5.92 Å². The monoisotopic (exact) mass is 129 g/mol. The summed E-state index contributed by atoms with van der Waals surface area (Å²) in [6.07, 6.45) is 3.18. The van der Waals surface area contributed by atoms with Gasteiger partial charge < -0.3 is 0 Å². The molecular formula is C6H11NS. The topological polar surface area (TPSA) is 12.4 Å². The predicted octanol–water partition coefficient (Wildman–Crippen LogP) is 2.13. The van der Waals surface area contributed by atoms with Gasteiger partial charge in [0.15, 0.2) is 0 Å². The highest BCUT2D eigenvalue weighted by Crippen LogP contribution is 2.26. The lowest BCUT2D eigenvalue weighted by atomic mass is 10.1. The van der Waals surface area contributed by atoms with Crippen LogP contribution < -0.4 is 0 Å². The summed E-state index contributed by atoms with van der Waals surface area (Å²) in [6.45, 7) is 4.48. The van der Waals surface area contributed by atoms with Crippen molar-refractivity contribution in [3.05, 3.63) is 0 Å². The van der Waals surface area contributed by atoms with E-state index in [1.807, 2.05) is 6.21 Å².